The molecule has 0 unspecified atom stereocenters. The number of benzene rings is 1. The zero-order chi connectivity index (χ0) is 18.8. The number of carbonyl (C=O) groups is 2. The van der Waals surface area contributed by atoms with E-state index in [-0.39, 0.29) is 24.1 Å². The van der Waals surface area contributed by atoms with E-state index >= 15 is 0 Å². The Morgan fingerprint density at radius 2 is 1.81 bits per heavy atom. The molecular formula is C20H23N3O3. The SMILES string of the molecule is CNC(=O)c1ccc(CNC(=O)Cc2c(C)[nH]c3c(C)ccc(C)c23)o1. The summed E-state index contributed by atoms with van der Waals surface area (Å²) in [6.45, 7) is 6.35. The number of carbonyl (C=O) groups excluding carboxylic acids is 2. The fraction of sp³-hybridized carbons (Fsp3) is 0.300. The number of hydrogen-bond donors (Lipinski definition) is 3. The van der Waals surface area contributed by atoms with Crippen LogP contribution in [0.3, 0.4) is 0 Å². The Hall–Kier alpha value is -3.02. The van der Waals surface area contributed by atoms with Crippen LogP contribution in [-0.4, -0.2) is 23.8 Å². The van der Waals surface area contributed by atoms with Gasteiger partial charge in [0.2, 0.25) is 5.91 Å². The summed E-state index contributed by atoms with van der Waals surface area (Å²) in [6, 6.07) is 7.44. The van der Waals surface area contributed by atoms with Crippen molar-refractivity contribution in [2.24, 2.45) is 0 Å². The predicted octanol–water partition coefficient (Wildman–Crippen LogP) is 2.90. The van der Waals surface area contributed by atoms with Gasteiger partial charge in [-0.15, -0.1) is 0 Å². The summed E-state index contributed by atoms with van der Waals surface area (Å²) in [6.07, 6.45) is 0.291. The van der Waals surface area contributed by atoms with Crippen LogP contribution in [0.15, 0.2) is 28.7 Å². The number of H-pyrrole nitrogens is 1. The van der Waals surface area contributed by atoms with Gasteiger partial charge >= 0.3 is 0 Å². The summed E-state index contributed by atoms with van der Waals surface area (Å²) < 4.78 is 5.42. The third-order valence-corrected chi connectivity index (χ3v) is 4.60. The lowest BCUT2D eigenvalue weighted by Gasteiger charge is -2.06. The van der Waals surface area contributed by atoms with Gasteiger partial charge in [0.1, 0.15) is 5.76 Å². The lowest BCUT2D eigenvalue weighted by molar-refractivity contribution is -0.120. The maximum Gasteiger partial charge on any atom is 0.286 e. The summed E-state index contributed by atoms with van der Waals surface area (Å²) in [7, 11) is 1.54. The molecule has 2 heterocycles. The Kier molecular flexibility index (Phi) is 4.84. The van der Waals surface area contributed by atoms with Crippen LogP contribution in [0.2, 0.25) is 0 Å². The van der Waals surface area contributed by atoms with Gasteiger partial charge in [-0.3, -0.25) is 9.59 Å². The quantitative estimate of drug-likeness (QED) is 0.659. The number of nitrogens with one attached hydrogen (secondary N) is 3. The van der Waals surface area contributed by atoms with Gasteiger partial charge < -0.3 is 20.0 Å². The minimum atomic E-state index is -0.289. The fourth-order valence-corrected chi connectivity index (χ4v) is 3.16. The summed E-state index contributed by atoms with van der Waals surface area (Å²) in [4.78, 5) is 27.3. The summed E-state index contributed by atoms with van der Waals surface area (Å²) >= 11 is 0. The number of rotatable bonds is 5. The first-order valence-corrected chi connectivity index (χ1v) is 8.55. The molecule has 6 nitrogen and oxygen atoms in total. The van der Waals surface area contributed by atoms with Gasteiger partial charge in [-0.1, -0.05) is 12.1 Å². The molecule has 0 bridgehead atoms. The van der Waals surface area contributed by atoms with Crippen molar-refractivity contribution in [3.05, 3.63) is 58.2 Å². The predicted molar refractivity (Wildman–Crippen MR) is 100 cm³/mol. The highest BCUT2D eigenvalue weighted by molar-refractivity contribution is 5.94. The van der Waals surface area contributed by atoms with E-state index in [1.54, 1.807) is 19.2 Å². The average molecular weight is 353 g/mol. The van der Waals surface area contributed by atoms with Crippen molar-refractivity contribution in [3.63, 3.8) is 0 Å². The molecule has 0 radical (unpaired) electrons. The molecule has 0 atom stereocenters. The van der Waals surface area contributed by atoms with Gasteiger partial charge in [-0.25, -0.2) is 0 Å². The zero-order valence-electron chi connectivity index (χ0n) is 15.4. The Morgan fingerprint density at radius 1 is 1.08 bits per heavy atom. The van der Waals surface area contributed by atoms with Crippen LogP contribution in [0.4, 0.5) is 0 Å². The zero-order valence-corrected chi connectivity index (χ0v) is 15.4. The topological polar surface area (TPSA) is 87.1 Å². The molecule has 0 aliphatic heterocycles. The van der Waals surface area contributed by atoms with Crippen molar-refractivity contribution in [1.82, 2.24) is 15.6 Å². The van der Waals surface area contributed by atoms with Gasteiger partial charge in [0, 0.05) is 23.6 Å². The second-order valence-corrected chi connectivity index (χ2v) is 6.48. The largest absolute Gasteiger partial charge is 0.454 e. The molecule has 0 spiro atoms. The van der Waals surface area contributed by atoms with Crippen LogP contribution >= 0.6 is 0 Å². The highest BCUT2D eigenvalue weighted by atomic mass is 16.4. The standard InChI is InChI=1S/C20H23N3O3/c1-11-5-6-12(2)19-18(11)15(13(3)23-19)9-17(24)22-10-14-7-8-16(26-14)20(25)21-4/h5-8,23H,9-10H2,1-4H3,(H,21,25)(H,22,24). The molecule has 2 amide bonds. The number of amides is 2. The van der Waals surface area contributed by atoms with Crippen LogP contribution in [0.25, 0.3) is 10.9 Å². The molecule has 6 heteroatoms. The van der Waals surface area contributed by atoms with Gasteiger partial charge in [-0.2, -0.15) is 0 Å². The fourth-order valence-electron chi connectivity index (χ4n) is 3.16. The average Bonchev–Trinajstić information content (AvgIpc) is 3.22. The molecule has 0 aliphatic rings. The summed E-state index contributed by atoms with van der Waals surface area (Å²) in [5.74, 6) is 0.394. The molecule has 3 N–H and O–H groups in total. The number of furan rings is 1. The van der Waals surface area contributed by atoms with Gasteiger partial charge in [0.25, 0.3) is 5.91 Å². The van der Waals surface area contributed by atoms with Gasteiger partial charge in [0.05, 0.1) is 13.0 Å². The van der Waals surface area contributed by atoms with E-state index in [2.05, 4.69) is 41.6 Å². The Morgan fingerprint density at radius 3 is 2.54 bits per heavy atom. The second-order valence-electron chi connectivity index (χ2n) is 6.48. The maximum atomic E-state index is 12.4. The third-order valence-electron chi connectivity index (χ3n) is 4.60. The number of hydrogen-bond acceptors (Lipinski definition) is 3. The molecule has 0 aliphatic carbocycles. The van der Waals surface area contributed by atoms with Crippen LogP contribution in [0, 0.1) is 20.8 Å². The highest BCUT2D eigenvalue weighted by Gasteiger charge is 2.16. The van der Waals surface area contributed by atoms with Crippen LogP contribution in [0.5, 0.6) is 0 Å². The van der Waals surface area contributed by atoms with E-state index in [0.29, 0.717) is 12.2 Å². The lowest BCUT2D eigenvalue weighted by Crippen LogP contribution is -2.24. The minimum Gasteiger partial charge on any atom is -0.454 e. The highest BCUT2D eigenvalue weighted by Crippen LogP contribution is 2.28. The number of fused-ring (bicyclic) bond motifs is 1. The smallest absolute Gasteiger partial charge is 0.286 e. The van der Waals surface area contributed by atoms with Gasteiger partial charge in [0.15, 0.2) is 5.76 Å². The molecule has 3 rings (SSSR count). The molecular weight excluding hydrogens is 330 g/mol. The van der Waals surface area contributed by atoms with E-state index in [4.69, 9.17) is 4.42 Å². The van der Waals surface area contributed by atoms with E-state index in [1.165, 1.54) is 0 Å². The Labute approximate surface area is 152 Å². The summed E-state index contributed by atoms with van der Waals surface area (Å²) in [5, 5.41) is 6.48. The molecule has 0 fully saturated rings. The second kappa shape index (κ2) is 7.07. The van der Waals surface area contributed by atoms with Crippen LogP contribution < -0.4 is 10.6 Å². The minimum absolute atomic E-state index is 0.0900. The van der Waals surface area contributed by atoms with Crippen molar-refractivity contribution >= 4 is 22.7 Å². The van der Waals surface area contributed by atoms with E-state index in [1.807, 2.05) is 6.92 Å². The Bertz CT molecular complexity index is 982. The van der Waals surface area contributed by atoms with Crippen molar-refractivity contribution in [3.8, 4) is 0 Å². The molecule has 2 aromatic heterocycles. The molecule has 136 valence electrons. The van der Waals surface area contributed by atoms with E-state index in [9.17, 15) is 9.59 Å². The van der Waals surface area contributed by atoms with E-state index < -0.39 is 0 Å². The Balaban J connectivity index is 1.72. The first-order chi connectivity index (χ1) is 12.4. The van der Waals surface area contributed by atoms with Crippen LogP contribution in [-0.2, 0) is 17.8 Å². The van der Waals surface area contributed by atoms with Crippen molar-refractivity contribution in [2.75, 3.05) is 7.05 Å². The van der Waals surface area contributed by atoms with Crippen molar-refractivity contribution in [2.45, 2.75) is 33.7 Å². The number of aromatic nitrogens is 1. The lowest BCUT2D eigenvalue weighted by atomic mass is 10.0. The first-order valence-electron chi connectivity index (χ1n) is 8.55. The van der Waals surface area contributed by atoms with Gasteiger partial charge in [-0.05, 0) is 49.6 Å². The van der Waals surface area contributed by atoms with Crippen molar-refractivity contribution < 1.29 is 14.0 Å². The first kappa shape index (κ1) is 17.8. The molecule has 1 aromatic carbocycles. The maximum absolute atomic E-state index is 12.4. The van der Waals surface area contributed by atoms with Crippen molar-refractivity contribution in [1.29, 1.82) is 0 Å². The monoisotopic (exact) mass is 353 g/mol. The molecule has 3 aromatic rings. The summed E-state index contributed by atoms with van der Waals surface area (Å²) in [5.41, 5.74) is 5.43. The van der Waals surface area contributed by atoms with E-state index in [0.717, 1.165) is 33.3 Å². The molecule has 0 saturated heterocycles. The number of aryl methyl sites for hydroxylation is 3. The molecule has 26 heavy (non-hydrogen) atoms. The third kappa shape index (κ3) is 3.35. The normalized spacial score (nSPS) is 10.9. The number of aromatic amines is 1. The van der Waals surface area contributed by atoms with Crippen LogP contribution in [0.1, 0.15) is 38.7 Å². The molecule has 0 saturated carbocycles.